The van der Waals surface area contributed by atoms with Crippen molar-refractivity contribution < 1.29 is 23.0 Å². The SMILES string of the molecule is COc1ccc(CC(CN)N2CCC(O)(C(F)(F)F)CC2)cc1. The Morgan fingerprint density at radius 1 is 1.26 bits per heavy atom. The summed E-state index contributed by atoms with van der Waals surface area (Å²) >= 11 is 0. The summed E-state index contributed by atoms with van der Waals surface area (Å²) in [6.07, 6.45) is -4.54. The molecule has 1 fully saturated rings. The summed E-state index contributed by atoms with van der Waals surface area (Å²) in [6.45, 7) is 0.735. The van der Waals surface area contributed by atoms with Crippen LogP contribution in [-0.2, 0) is 6.42 Å². The molecule has 1 aliphatic rings. The highest BCUT2D eigenvalue weighted by Gasteiger charge is 2.54. The Morgan fingerprint density at radius 2 is 1.83 bits per heavy atom. The minimum atomic E-state index is -4.58. The van der Waals surface area contributed by atoms with Crippen LogP contribution in [0.2, 0.25) is 0 Å². The summed E-state index contributed by atoms with van der Waals surface area (Å²) in [5.41, 5.74) is 4.30. The van der Waals surface area contributed by atoms with Gasteiger partial charge in [-0.2, -0.15) is 13.2 Å². The van der Waals surface area contributed by atoms with Crippen LogP contribution >= 0.6 is 0 Å². The second-order valence-corrected chi connectivity index (χ2v) is 6.01. The van der Waals surface area contributed by atoms with E-state index in [0.717, 1.165) is 11.3 Å². The van der Waals surface area contributed by atoms with E-state index < -0.39 is 11.8 Å². The molecular formula is C16H23F3N2O2. The van der Waals surface area contributed by atoms with Crippen LogP contribution in [0.25, 0.3) is 0 Å². The minimum Gasteiger partial charge on any atom is -0.497 e. The lowest BCUT2D eigenvalue weighted by atomic mass is 9.89. The Balaban J connectivity index is 1.97. The number of ether oxygens (including phenoxy) is 1. The van der Waals surface area contributed by atoms with Crippen molar-refractivity contribution in [3.63, 3.8) is 0 Å². The number of alkyl halides is 3. The Kier molecular flexibility index (Phi) is 5.54. The minimum absolute atomic E-state index is 0.0406. The van der Waals surface area contributed by atoms with E-state index >= 15 is 0 Å². The zero-order valence-corrected chi connectivity index (χ0v) is 13.1. The van der Waals surface area contributed by atoms with E-state index in [0.29, 0.717) is 13.0 Å². The highest BCUT2D eigenvalue weighted by atomic mass is 19.4. The van der Waals surface area contributed by atoms with Crippen LogP contribution in [0.5, 0.6) is 5.75 Å². The molecule has 0 bridgehead atoms. The Hall–Kier alpha value is -1.31. The third kappa shape index (κ3) is 4.16. The van der Waals surface area contributed by atoms with E-state index in [4.69, 9.17) is 10.5 Å². The predicted octanol–water partition coefficient (Wildman–Crippen LogP) is 1.95. The monoisotopic (exact) mass is 332 g/mol. The Labute approximate surface area is 134 Å². The van der Waals surface area contributed by atoms with Crippen molar-refractivity contribution in [3.8, 4) is 5.75 Å². The second kappa shape index (κ2) is 7.07. The summed E-state index contributed by atoms with van der Waals surface area (Å²) in [4.78, 5) is 1.93. The van der Waals surface area contributed by atoms with Gasteiger partial charge in [0.25, 0.3) is 0 Å². The van der Waals surface area contributed by atoms with Gasteiger partial charge >= 0.3 is 6.18 Å². The first-order chi connectivity index (χ1) is 10.8. The molecule has 2 rings (SSSR count). The molecule has 1 atom stereocenters. The van der Waals surface area contributed by atoms with Crippen molar-refractivity contribution in [1.82, 2.24) is 4.90 Å². The number of halogens is 3. The molecule has 23 heavy (non-hydrogen) atoms. The van der Waals surface area contributed by atoms with Crippen LogP contribution in [0.1, 0.15) is 18.4 Å². The molecule has 1 saturated heterocycles. The number of aliphatic hydroxyl groups is 1. The maximum Gasteiger partial charge on any atom is 0.417 e. The van der Waals surface area contributed by atoms with Gasteiger partial charge in [0, 0.05) is 25.7 Å². The number of benzene rings is 1. The second-order valence-electron chi connectivity index (χ2n) is 6.01. The molecule has 0 radical (unpaired) electrons. The molecule has 1 aromatic carbocycles. The molecule has 3 N–H and O–H groups in total. The van der Waals surface area contributed by atoms with E-state index in [2.05, 4.69) is 0 Å². The number of hydrogen-bond acceptors (Lipinski definition) is 4. The lowest BCUT2D eigenvalue weighted by Gasteiger charge is -2.42. The lowest BCUT2D eigenvalue weighted by Crippen LogP contribution is -2.56. The normalized spacial score (nSPS) is 20.3. The number of rotatable bonds is 5. The van der Waals surface area contributed by atoms with E-state index in [-0.39, 0.29) is 32.0 Å². The van der Waals surface area contributed by atoms with Crippen molar-refractivity contribution in [2.75, 3.05) is 26.7 Å². The molecule has 7 heteroatoms. The van der Waals surface area contributed by atoms with Gasteiger partial charge in [-0.15, -0.1) is 0 Å². The van der Waals surface area contributed by atoms with Gasteiger partial charge < -0.3 is 15.6 Å². The number of hydrogen-bond donors (Lipinski definition) is 2. The molecule has 0 aliphatic carbocycles. The standard InChI is InChI=1S/C16H23F3N2O2/c1-23-14-4-2-12(3-5-14)10-13(11-20)21-8-6-15(22,7-9-21)16(17,18)19/h2-5,13,22H,6-11,20H2,1H3. The van der Waals surface area contributed by atoms with Crippen molar-refractivity contribution in [2.45, 2.75) is 37.1 Å². The molecule has 1 heterocycles. The lowest BCUT2D eigenvalue weighted by molar-refractivity contribution is -0.273. The fourth-order valence-corrected chi connectivity index (χ4v) is 2.94. The van der Waals surface area contributed by atoms with E-state index in [1.165, 1.54) is 0 Å². The number of likely N-dealkylation sites (tertiary alicyclic amines) is 1. The first kappa shape index (κ1) is 18.0. The summed E-state index contributed by atoms with van der Waals surface area (Å²) in [5.74, 6) is 0.756. The van der Waals surface area contributed by atoms with E-state index in [1.807, 2.05) is 29.2 Å². The van der Waals surface area contributed by atoms with Crippen molar-refractivity contribution in [1.29, 1.82) is 0 Å². The molecule has 1 unspecified atom stereocenters. The molecule has 0 amide bonds. The number of nitrogens with zero attached hydrogens (tertiary/aromatic N) is 1. The summed E-state index contributed by atoms with van der Waals surface area (Å²) in [6, 6.07) is 7.51. The highest BCUT2D eigenvalue weighted by Crippen LogP contribution is 2.38. The molecule has 0 aromatic heterocycles. The largest absolute Gasteiger partial charge is 0.497 e. The van der Waals surface area contributed by atoms with Crippen molar-refractivity contribution >= 4 is 0 Å². The quantitative estimate of drug-likeness (QED) is 0.865. The molecular weight excluding hydrogens is 309 g/mol. The van der Waals surface area contributed by atoms with Gasteiger partial charge in [-0.05, 0) is 37.0 Å². The smallest absolute Gasteiger partial charge is 0.417 e. The zero-order valence-electron chi connectivity index (χ0n) is 13.1. The summed E-state index contributed by atoms with van der Waals surface area (Å²) < 4.78 is 43.6. The van der Waals surface area contributed by atoms with Gasteiger partial charge in [0.05, 0.1) is 7.11 Å². The van der Waals surface area contributed by atoms with Crippen LogP contribution in [0.3, 0.4) is 0 Å². The Bertz CT molecular complexity index is 497. The van der Waals surface area contributed by atoms with Gasteiger partial charge in [0.15, 0.2) is 5.60 Å². The number of nitrogens with two attached hydrogens (primary N) is 1. The maximum atomic E-state index is 12.8. The topological polar surface area (TPSA) is 58.7 Å². The van der Waals surface area contributed by atoms with Gasteiger partial charge in [-0.1, -0.05) is 12.1 Å². The fraction of sp³-hybridized carbons (Fsp3) is 0.625. The summed E-state index contributed by atoms with van der Waals surface area (Å²) in [5, 5.41) is 9.73. The predicted molar refractivity (Wildman–Crippen MR) is 81.4 cm³/mol. The third-order valence-corrected chi connectivity index (χ3v) is 4.57. The van der Waals surface area contributed by atoms with Gasteiger partial charge in [-0.25, -0.2) is 0 Å². The van der Waals surface area contributed by atoms with Gasteiger partial charge in [-0.3, -0.25) is 4.90 Å². The van der Waals surface area contributed by atoms with Crippen LogP contribution in [-0.4, -0.2) is 54.6 Å². The fourth-order valence-electron chi connectivity index (χ4n) is 2.94. The molecule has 1 aromatic rings. The van der Waals surface area contributed by atoms with Crippen molar-refractivity contribution in [3.05, 3.63) is 29.8 Å². The number of piperidine rings is 1. The van der Waals surface area contributed by atoms with Crippen LogP contribution in [0.15, 0.2) is 24.3 Å². The van der Waals surface area contributed by atoms with E-state index in [1.54, 1.807) is 7.11 Å². The highest BCUT2D eigenvalue weighted by molar-refractivity contribution is 5.27. The number of methoxy groups -OCH3 is 1. The molecule has 4 nitrogen and oxygen atoms in total. The molecule has 0 saturated carbocycles. The average molecular weight is 332 g/mol. The first-order valence-electron chi connectivity index (χ1n) is 7.65. The van der Waals surface area contributed by atoms with E-state index in [9.17, 15) is 18.3 Å². The van der Waals surface area contributed by atoms with Gasteiger partial charge in [0.2, 0.25) is 0 Å². The Morgan fingerprint density at radius 3 is 2.26 bits per heavy atom. The third-order valence-electron chi connectivity index (χ3n) is 4.57. The summed E-state index contributed by atoms with van der Waals surface area (Å²) in [7, 11) is 1.59. The van der Waals surface area contributed by atoms with Crippen LogP contribution in [0.4, 0.5) is 13.2 Å². The first-order valence-corrected chi connectivity index (χ1v) is 7.65. The van der Waals surface area contributed by atoms with Crippen LogP contribution in [0, 0.1) is 0 Å². The molecule has 130 valence electrons. The molecule has 0 spiro atoms. The van der Waals surface area contributed by atoms with Gasteiger partial charge in [0.1, 0.15) is 5.75 Å². The average Bonchev–Trinajstić information content (AvgIpc) is 2.53. The maximum absolute atomic E-state index is 12.8. The molecule has 1 aliphatic heterocycles. The zero-order chi connectivity index (χ0) is 17.1. The van der Waals surface area contributed by atoms with Crippen molar-refractivity contribution in [2.24, 2.45) is 5.73 Å². The van der Waals surface area contributed by atoms with Crippen LogP contribution < -0.4 is 10.5 Å².